The number of hydrogen-bond donors (Lipinski definition) is 3. The molecule has 1 amide bonds. The summed E-state index contributed by atoms with van der Waals surface area (Å²) in [5.74, 6) is -1.59. The Morgan fingerprint density at radius 2 is 1.84 bits per heavy atom. The molecular weight excluding hydrogens is 408 g/mol. The summed E-state index contributed by atoms with van der Waals surface area (Å²) in [6, 6.07) is 11.4. The van der Waals surface area contributed by atoms with Crippen molar-refractivity contribution in [3.8, 4) is 5.69 Å². The van der Waals surface area contributed by atoms with Crippen molar-refractivity contribution in [3.05, 3.63) is 70.5 Å². The number of benzene rings is 2. The molecule has 0 bridgehead atoms. The number of rotatable bonds is 5. The third-order valence-corrected chi connectivity index (χ3v) is 5.61. The molecule has 0 unspecified atom stereocenters. The maximum absolute atomic E-state index is 12.8. The largest absolute Gasteiger partial charge is 0.478 e. The van der Waals surface area contributed by atoms with Crippen molar-refractivity contribution in [1.29, 1.82) is 0 Å². The number of ketones is 1. The normalized spacial score (nSPS) is 14.7. The molecule has 0 fully saturated rings. The van der Waals surface area contributed by atoms with Gasteiger partial charge in [0.05, 0.1) is 33.8 Å². The molecule has 4 rings (SSSR count). The first-order valence-corrected chi connectivity index (χ1v) is 10.2. The number of carbonyl (C=O) groups is 3. The lowest BCUT2D eigenvalue weighted by Gasteiger charge is -2.29. The molecule has 1 aliphatic carbocycles. The maximum atomic E-state index is 12.8. The fourth-order valence-electron chi connectivity index (χ4n) is 4.23. The zero-order valence-corrected chi connectivity index (χ0v) is 18.1. The minimum Gasteiger partial charge on any atom is -0.478 e. The SMILES string of the molecule is Cc1nn(-c2cc(Nc3cccc(C(=O)O)c3)ccc2C(N)=O)c2c1C(=O)CC(C)(C)C2. The summed E-state index contributed by atoms with van der Waals surface area (Å²) in [5, 5.41) is 17.0. The summed E-state index contributed by atoms with van der Waals surface area (Å²) < 4.78 is 1.64. The monoisotopic (exact) mass is 432 g/mol. The lowest BCUT2D eigenvalue weighted by atomic mass is 9.75. The molecule has 0 aliphatic heterocycles. The molecule has 4 N–H and O–H groups in total. The highest BCUT2D eigenvalue weighted by atomic mass is 16.4. The highest BCUT2D eigenvalue weighted by molar-refractivity contribution is 6.01. The number of carboxylic acids is 1. The van der Waals surface area contributed by atoms with E-state index < -0.39 is 11.9 Å². The van der Waals surface area contributed by atoms with Gasteiger partial charge in [-0.1, -0.05) is 19.9 Å². The molecule has 2 aromatic carbocycles. The summed E-state index contributed by atoms with van der Waals surface area (Å²) in [6.07, 6.45) is 1.07. The number of Topliss-reactive ketones (excluding diaryl/α,β-unsaturated/α-hetero) is 1. The molecule has 0 atom stereocenters. The number of hydrogen-bond acceptors (Lipinski definition) is 5. The van der Waals surface area contributed by atoms with Crippen molar-refractivity contribution >= 4 is 29.0 Å². The van der Waals surface area contributed by atoms with Gasteiger partial charge in [0.1, 0.15) is 0 Å². The van der Waals surface area contributed by atoms with E-state index in [1.165, 1.54) is 12.1 Å². The van der Waals surface area contributed by atoms with E-state index in [1.807, 2.05) is 13.8 Å². The average molecular weight is 432 g/mol. The van der Waals surface area contributed by atoms with E-state index in [0.717, 1.165) is 5.69 Å². The summed E-state index contributed by atoms with van der Waals surface area (Å²) in [7, 11) is 0. The van der Waals surface area contributed by atoms with Crippen molar-refractivity contribution in [3.63, 3.8) is 0 Å². The molecular formula is C24H24N4O4. The Bertz CT molecular complexity index is 1270. The fraction of sp³-hybridized carbons (Fsp3) is 0.250. The van der Waals surface area contributed by atoms with E-state index in [9.17, 15) is 19.5 Å². The number of carboxylic acid groups (broad SMARTS) is 1. The number of anilines is 2. The minimum atomic E-state index is -1.02. The number of carbonyl (C=O) groups excluding carboxylic acids is 2. The van der Waals surface area contributed by atoms with Crippen LogP contribution in [-0.4, -0.2) is 32.5 Å². The van der Waals surface area contributed by atoms with E-state index in [0.29, 0.717) is 41.2 Å². The summed E-state index contributed by atoms with van der Waals surface area (Å²) in [4.78, 5) is 36.2. The molecule has 0 spiro atoms. The van der Waals surface area contributed by atoms with Crippen LogP contribution in [0.2, 0.25) is 0 Å². The molecule has 0 saturated carbocycles. The maximum Gasteiger partial charge on any atom is 0.335 e. The molecule has 0 saturated heterocycles. The van der Waals surface area contributed by atoms with Gasteiger partial charge in [0.15, 0.2) is 5.78 Å². The van der Waals surface area contributed by atoms with Gasteiger partial charge in [-0.15, -0.1) is 0 Å². The Labute approximate surface area is 185 Å². The second kappa shape index (κ2) is 7.64. The van der Waals surface area contributed by atoms with E-state index in [1.54, 1.807) is 41.9 Å². The second-order valence-corrected chi connectivity index (χ2v) is 8.87. The summed E-state index contributed by atoms with van der Waals surface area (Å²) in [5.41, 5.74) is 9.48. The van der Waals surface area contributed by atoms with Crippen LogP contribution < -0.4 is 11.1 Å². The molecule has 3 aromatic rings. The second-order valence-electron chi connectivity index (χ2n) is 8.87. The van der Waals surface area contributed by atoms with E-state index >= 15 is 0 Å². The van der Waals surface area contributed by atoms with Gasteiger partial charge < -0.3 is 16.2 Å². The zero-order chi connectivity index (χ0) is 23.2. The Morgan fingerprint density at radius 3 is 2.53 bits per heavy atom. The van der Waals surface area contributed by atoms with E-state index in [2.05, 4.69) is 10.4 Å². The Morgan fingerprint density at radius 1 is 1.12 bits per heavy atom. The first-order chi connectivity index (χ1) is 15.1. The van der Waals surface area contributed by atoms with Crippen LogP contribution in [0.25, 0.3) is 5.69 Å². The Hall–Kier alpha value is -3.94. The molecule has 8 nitrogen and oxygen atoms in total. The van der Waals surface area contributed by atoms with Gasteiger partial charge in [0.2, 0.25) is 0 Å². The van der Waals surface area contributed by atoms with Crippen molar-refractivity contribution in [2.75, 3.05) is 5.32 Å². The number of nitrogens with zero attached hydrogens (tertiary/aromatic N) is 2. The minimum absolute atomic E-state index is 0.0420. The molecule has 32 heavy (non-hydrogen) atoms. The predicted octanol–water partition coefficient (Wildman–Crippen LogP) is 3.88. The molecule has 0 radical (unpaired) electrons. The van der Waals surface area contributed by atoms with Crippen LogP contribution >= 0.6 is 0 Å². The zero-order valence-electron chi connectivity index (χ0n) is 18.1. The number of nitrogens with two attached hydrogens (primary N) is 1. The number of aromatic carboxylic acids is 1. The van der Waals surface area contributed by atoms with Crippen LogP contribution in [0.4, 0.5) is 11.4 Å². The number of fused-ring (bicyclic) bond motifs is 1. The number of nitrogens with one attached hydrogen (secondary N) is 1. The van der Waals surface area contributed by atoms with Gasteiger partial charge in [-0.3, -0.25) is 9.59 Å². The van der Waals surface area contributed by atoms with Crippen LogP contribution in [0.5, 0.6) is 0 Å². The quantitative estimate of drug-likeness (QED) is 0.561. The number of aryl methyl sites for hydroxylation is 1. The summed E-state index contributed by atoms with van der Waals surface area (Å²) >= 11 is 0. The molecule has 164 valence electrons. The smallest absolute Gasteiger partial charge is 0.335 e. The van der Waals surface area contributed by atoms with Crippen molar-refractivity contribution in [2.24, 2.45) is 11.1 Å². The van der Waals surface area contributed by atoms with Crippen LogP contribution in [-0.2, 0) is 6.42 Å². The molecule has 1 aromatic heterocycles. The highest BCUT2D eigenvalue weighted by Gasteiger charge is 2.36. The van der Waals surface area contributed by atoms with Gasteiger partial charge in [-0.25, -0.2) is 9.48 Å². The van der Waals surface area contributed by atoms with E-state index in [-0.39, 0.29) is 22.3 Å². The highest BCUT2D eigenvalue weighted by Crippen LogP contribution is 2.37. The van der Waals surface area contributed by atoms with Crippen LogP contribution in [0, 0.1) is 12.3 Å². The van der Waals surface area contributed by atoms with Crippen LogP contribution in [0.3, 0.4) is 0 Å². The van der Waals surface area contributed by atoms with Gasteiger partial charge in [-0.05, 0) is 55.2 Å². The van der Waals surface area contributed by atoms with Crippen molar-refractivity contribution in [1.82, 2.24) is 9.78 Å². The van der Waals surface area contributed by atoms with Crippen LogP contribution in [0.15, 0.2) is 42.5 Å². The molecule has 1 heterocycles. The molecule has 8 heteroatoms. The number of primary amides is 1. The van der Waals surface area contributed by atoms with E-state index in [4.69, 9.17) is 5.73 Å². The van der Waals surface area contributed by atoms with Gasteiger partial charge in [0.25, 0.3) is 5.91 Å². The average Bonchev–Trinajstić information content (AvgIpc) is 3.03. The third-order valence-electron chi connectivity index (χ3n) is 5.61. The van der Waals surface area contributed by atoms with Gasteiger partial charge in [-0.2, -0.15) is 5.10 Å². The third kappa shape index (κ3) is 3.87. The first kappa shape index (κ1) is 21.3. The molecule has 1 aliphatic rings. The lowest BCUT2D eigenvalue weighted by molar-refractivity contribution is 0.0696. The standard InChI is InChI=1S/C24H24N4O4/c1-13-21-19(11-24(2,3)12-20(21)29)28(27-13)18-10-16(7-8-17(18)22(25)30)26-15-6-4-5-14(9-15)23(31)32/h4-10,26H,11-12H2,1-3H3,(H2,25,30)(H,31,32). The van der Waals surface area contributed by atoms with Crippen LogP contribution in [0.1, 0.15) is 62.7 Å². The lowest BCUT2D eigenvalue weighted by Crippen LogP contribution is -2.28. The van der Waals surface area contributed by atoms with Gasteiger partial charge in [0, 0.05) is 17.8 Å². The Kier molecular flexibility index (Phi) is 5.08. The summed E-state index contributed by atoms with van der Waals surface area (Å²) in [6.45, 7) is 5.85. The van der Waals surface area contributed by atoms with Crippen molar-refractivity contribution < 1.29 is 19.5 Å². The first-order valence-electron chi connectivity index (χ1n) is 10.2. The van der Waals surface area contributed by atoms with Crippen molar-refractivity contribution in [2.45, 2.75) is 33.6 Å². The topological polar surface area (TPSA) is 127 Å². The number of amides is 1. The number of aromatic nitrogens is 2. The van der Waals surface area contributed by atoms with Gasteiger partial charge >= 0.3 is 5.97 Å². The Balaban J connectivity index is 1.82. The fourth-order valence-corrected chi connectivity index (χ4v) is 4.23. The predicted molar refractivity (Wildman–Crippen MR) is 120 cm³/mol.